The molecule has 0 saturated carbocycles. The van der Waals surface area contributed by atoms with Gasteiger partial charge in [-0.2, -0.15) is 4.98 Å². The molecule has 1 heterocycles. The zero-order chi connectivity index (χ0) is 13.8. The summed E-state index contributed by atoms with van der Waals surface area (Å²) in [5.74, 6) is 1.04. The highest BCUT2D eigenvalue weighted by molar-refractivity contribution is 5.95. The van der Waals surface area contributed by atoms with Gasteiger partial charge < -0.3 is 14.9 Å². The largest absolute Gasteiger partial charge is 0.508 e. The van der Waals surface area contributed by atoms with Crippen LogP contribution in [-0.2, 0) is 6.42 Å². The van der Waals surface area contributed by atoms with E-state index in [9.17, 15) is 9.90 Å². The number of amides is 1. The summed E-state index contributed by atoms with van der Waals surface area (Å²) in [7, 11) is 0. The third kappa shape index (κ3) is 3.31. The average molecular weight is 261 g/mol. The van der Waals surface area contributed by atoms with Crippen LogP contribution >= 0.6 is 0 Å². The molecule has 0 bridgehead atoms. The number of nitrogens with one attached hydrogen (secondary N) is 1. The van der Waals surface area contributed by atoms with Crippen LogP contribution in [0.2, 0.25) is 0 Å². The van der Waals surface area contributed by atoms with Crippen LogP contribution in [0.3, 0.4) is 0 Å². The molecule has 1 amide bonds. The number of phenols is 1. The molecule has 0 unspecified atom stereocenters. The number of aryl methyl sites for hydroxylation is 2. The third-order valence-corrected chi connectivity index (χ3v) is 2.65. The molecule has 19 heavy (non-hydrogen) atoms. The van der Waals surface area contributed by atoms with Crippen LogP contribution in [-0.4, -0.2) is 27.7 Å². The average Bonchev–Trinajstić information content (AvgIpc) is 2.75. The summed E-state index contributed by atoms with van der Waals surface area (Å²) in [5.41, 5.74) is 1.27. The molecule has 0 aliphatic heterocycles. The first-order valence-corrected chi connectivity index (χ1v) is 5.93. The Kier molecular flexibility index (Phi) is 3.79. The van der Waals surface area contributed by atoms with Crippen molar-refractivity contribution >= 4 is 5.91 Å². The van der Waals surface area contributed by atoms with Crippen molar-refractivity contribution in [2.75, 3.05) is 6.54 Å². The van der Waals surface area contributed by atoms with E-state index in [1.807, 2.05) is 0 Å². The van der Waals surface area contributed by atoms with Gasteiger partial charge in [-0.15, -0.1) is 0 Å². The molecule has 2 rings (SSSR count). The van der Waals surface area contributed by atoms with Gasteiger partial charge in [0.2, 0.25) is 5.89 Å². The Morgan fingerprint density at radius 1 is 1.42 bits per heavy atom. The van der Waals surface area contributed by atoms with Crippen LogP contribution in [0.25, 0.3) is 0 Å². The highest BCUT2D eigenvalue weighted by Gasteiger charge is 2.09. The number of aromatic nitrogens is 2. The van der Waals surface area contributed by atoms with Crippen molar-refractivity contribution in [2.24, 2.45) is 0 Å². The molecular formula is C13H15N3O3. The van der Waals surface area contributed by atoms with Gasteiger partial charge in [-0.3, -0.25) is 4.79 Å². The predicted octanol–water partition coefficient (Wildman–Crippen LogP) is 1.36. The SMILES string of the molecule is Cc1noc(CCNC(=O)c2ccc(O)cc2C)n1. The van der Waals surface area contributed by atoms with Gasteiger partial charge in [0, 0.05) is 18.5 Å². The second-order valence-electron chi connectivity index (χ2n) is 4.24. The lowest BCUT2D eigenvalue weighted by atomic mass is 10.1. The topological polar surface area (TPSA) is 88.2 Å². The second kappa shape index (κ2) is 5.51. The van der Waals surface area contributed by atoms with E-state index in [4.69, 9.17) is 4.52 Å². The standard InChI is InChI=1S/C13H15N3O3/c1-8-7-10(17)3-4-11(8)13(18)14-6-5-12-15-9(2)16-19-12/h3-4,7,17H,5-6H2,1-2H3,(H,14,18). The van der Waals surface area contributed by atoms with Gasteiger partial charge in [0.25, 0.3) is 5.91 Å². The Morgan fingerprint density at radius 3 is 2.84 bits per heavy atom. The van der Waals surface area contributed by atoms with Crippen LogP contribution < -0.4 is 5.32 Å². The van der Waals surface area contributed by atoms with Crippen LogP contribution in [0, 0.1) is 13.8 Å². The van der Waals surface area contributed by atoms with Gasteiger partial charge in [0.05, 0.1) is 0 Å². The van der Waals surface area contributed by atoms with Gasteiger partial charge in [-0.25, -0.2) is 0 Å². The number of benzene rings is 1. The van der Waals surface area contributed by atoms with Crippen LogP contribution in [0.1, 0.15) is 27.6 Å². The zero-order valence-electron chi connectivity index (χ0n) is 10.8. The van der Waals surface area contributed by atoms with Gasteiger partial charge in [-0.1, -0.05) is 5.16 Å². The fourth-order valence-electron chi connectivity index (χ4n) is 1.72. The number of hydrogen-bond acceptors (Lipinski definition) is 5. The molecule has 6 nitrogen and oxygen atoms in total. The fraction of sp³-hybridized carbons (Fsp3) is 0.308. The van der Waals surface area contributed by atoms with Crippen LogP contribution in [0.15, 0.2) is 22.7 Å². The lowest BCUT2D eigenvalue weighted by molar-refractivity contribution is 0.0953. The van der Waals surface area contributed by atoms with E-state index in [1.54, 1.807) is 26.0 Å². The molecule has 0 fully saturated rings. The van der Waals surface area contributed by atoms with Crippen molar-refractivity contribution < 1.29 is 14.4 Å². The quantitative estimate of drug-likeness (QED) is 0.867. The van der Waals surface area contributed by atoms with E-state index in [0.29, 0.717) is 30.2 Å². The number of carbonyl (C=O) groups is 1. The minimum absolute atomic E-state index is 0.149. The highest BCUT2D eigenvalue weighted by atomic mass is 16.5. The van der Waals surface area contributed by atoms with E-state index in [0.717, 1.165) is 5.56 Å². The smallest absolute Gasteiger partial charge is 0.251 e. The maximum absolute atomic E-state index is 11.9. The predicted molar refractivity (Wildman–Crippen MR) is 67.9 cm³/mol. The molecule has 1 aromatic carbocycles. The van der Waals surface area contributed by atoms with Crippen molar-refractivity contribution in [3.63, 3.8) is 0 Å². The Labute approximate surface area is 110 Å². The van der Waals surface area contributed by atoms with E-state index < -0.39 is 0 Å². The fourth-order valence-corrected chi connectivity index (χ4v) is 1.72. The lowest BCUT2D eigenvalue weighted by Gasteiger charge is -2.06. The first kappa shape index (κ1) is 13.1. The molecule has 0 atom stereocenters. The van der Waals surface area contributed by atoms with Crippen LogP contribution in [0.5, 0.6) is 5.75 Å². The molecule has 1 aromatic heterocycles. The Balaban J connectivity index is 1.90. The summed E-state index contributed by atoms with van der Waals surface area (Å²) in [4.78, 5) is 16.0. The second-order valence-corrected chi connectivity index (χ2v) is 4.24. The number of rotatable bonds is 4. The van der Waals surface area contributed by atoms with Crippen molar-refractivity contribution in [3.8, 4) is 5.75 Å². The van der Waals surface area contributed by atoms with Crippen molar-refractivity contribution in [1.82, 2.24) is 15.5 Å². The molecule has 0 radical (unpaired) electrons. The number of aromatic hydroxyl groups is 1. The molecule has 0 spiro atoms. The maximum Gasteiger partial charge on any atom is 0.251 e. The third-order valence-electron chi connectivity index (χ3n) is 2.65. The number of nitrogens with zero attached hydrogens (tertiary/aromatic N) is 2. The first-order valence-electron chi connectivity index (χ1n) is 5.93. The molecule has 6 heteroatoms. The van der Waals surface area contributed by atoms with E-state index >= 15 is 0 Å². The van der Waals surface area contributed by atoms with Crippen molar-refractivity contribution in [2.45, 2.75) is 20.3 Å². The number of phenolic OH excluding ortho intramolecular Hbond substituents is 1. The summed E-state index contributed by atoms with van der Waals surface area (Å²) in [6.07, 6.45) is 0.490. The molecule has 0 aliphatic carbocycles. The highest BCUT2D eigenvalue weighted by Crippen LogP contribution is 2.15. The summed E-state index contributed by atoms with van der Waals surface area (Å²) in [5, 5.41) is 15.7. The van der Waals surface area contributed by atoms with E-state index in [-0.39, 0.29) is 11.7 Å². The summed E-state index contributed by atoms with van der Waals surface area (Å²) in [6.45, 7) is 3.93. The van der Waals surface area contributed by atoms with Crippen molar-refractivity contribution in [3.05, 3.63) is 41.0 Å². The normalized spacial score (nSPS) is 10.4. The molecule has 100 valence electrons. The minimum atomic E-state index is -0.186. The summed E-state index contributed by atoms with van der Waals surface area (Å²) >= 11 is 0. The molecule has 2 aromatic rings. The maximum atomic E-state index is 11.9. The monoisotopic (exact) mass is 261 g/mol. The number of hydrogen-bond donors (Lipinski definition) is 2. The minimum Gasteiger partial charge on any atom is -0.508 e. The summed E-state index contributed by atoms with van der Waals surface area (Å²) < 4.78 is 4.95. The zero-order valence-corrected chi connectivity index (χ0v) is 10.8. The van der Waals surface area contributed by atoms with Gasteiger partial charge in [0.1, 0.15) is 5.75 Å². The first-order chi connectivity index (χ1) is 9.06. The van der Waals surface area contributed by atoms with Crippen molar-refractivity contribution in [1.29, 1.82) is 0 Å². The van der Waals surface area contributed by atoms with Gasteiger partial charge >= 0.3 is 0 Å². The Bertz CT molecular complexity index is 593. The lowest BCUT2D eigenvalue weighted by Crippen LogP contribution is -2.26. The van der Waals surface area contributed by atoms with Crippen LogP contribution in [0.4, 0.5) is 0 Å². The molecule has 0 aliphatic rings. The Morgan fingerprint density at radius 2 is 2.21 bits per heavy atom. The van der Waals surface area contributed by atoms with Gasteiger partial charge in [-0.05, 0) is 37.6 Å². The molecular weight excluding hydrogens is 246 g/mol. The van der Waals surface area contributed by atoms with E-state index in [1.165, 1.54) is 6.07 Å². The van der Waals surface area contributed by atoms with E-state index in [2.05, 4.69) is 15.5 Å². The molecule has 2 N–H and O–H groups in total. The Hall–Kier alpha value is -2.37. The summed E-state index contributed by atoms with van der Waals surface area (Å²) in [6, 6.07) is 4.64. The van der Waals surface area contributed by atoms with Gasteiger partial charge in [0.15, 0.2) is 5.82 Å². The molecule has 0 saturated heterocycles. The number of carbonyl (C=O) groups excluding carboxylic acids is 1.